The second kappa shape index (κ2) is 6.80. The number of benzene rings is 1. The maximum absolute atomic E-state index is 11.8. The lowest BCUT2D eigenvalue weighted by Gasteiger charge is -2.05. The molecule has 98 valence electrons. The van der Waals surface area contributed by atoms with E-state index in [1.807, 2.05) is 0 Å². The molecule has 0 heterocycles. The highest BCUT2D eigenvalue weighted by molar-refractivity contribution is 7.91. The number of carbonyl (C=O) groups is 1. The van der Waals surface area contributed by atoms with E-state index in [1.165, 1.54) is 18.2 Å². The molecule has 0 amide bonds. The summed E-state index contributed by atoms with van der Waals surface area (Å²) in [6.45, 7) is 3.15. The SMILES string of the molecule is C=CCOC(=O)OCCS(=O)(=O)c1ccccc1. The molecule has 0 N–H and O–H groups in total. The Bertz CT molecular complexity index is 492. The minimum atomic E-state index is -3.43. The van der Waals surface area contributed by atoms with Gasteiger partial charge in [0.1, 0.15) is 13.2 Å². The van der Waals surface area contributed by atoms with E-state index in [1.54, 1.807) is 18.2 Å². The van der Waals surface area contributed by atoms with Crippen molar-refractivity contribution in [2.75, 3.05) is 19.0 Å². The summed E-state index contributed by atoms with van der Waals surface area (Å²) < 4.78 is 32.7. The first kappa shape index (κ1) is 14.2. The first-order chi connectivity index (χ1) is 8.56. The molecule has 0 saturated carbocycles. The van der Waals surface area contributed by atoms with Gasteiger partial charge in [0.2, 0.25) is 0 Å². The molecule has 6 heteroatoms. The summed E-state index contributed by atoms with van der Waals surface area (Å²) >= 11 is 0. The Balaban J connectivity index is 2.44. The third-order valence-corrected chi connectivity index (χ3v) is 3.69. The molecule has 0 bridgehead atoms. The highest BCUT2D eigenvalue weighted by Crippen LogP contribution is 2.09. The van der Waals surface area contributed by atoms with Gasteiger partial charge >= 0.3 is 6.16 Å². The van der Waals surface area contributed by atoms with Crippen molar-refractivity contribution in [3.63, 3.8) is 0 Å². The first-order valence-electron chi connectivity index (χ1n) is 5.24. The van der Waals surface area contributed by atoms with Crippen LogP contribution in [0.2, 0.25) is 0 Å². The standard InChI is InChI=1S/C12H14O5S/c1-2-8-16-12(13)17-9-10-18(14,15)11-6-4-3-5-7-11/h2-7H,1,8-10H2. The molecule has 0 aromatic heterocycles. The zero-order chi connectivity index (χ0) is 13.4. The summed E-state index contributed by atoms with van der Waals surface area (Å²) in [5.74, 6) is -0.278. The van der Waals surface area contributed by atoms with Crippen molar-refractivity contribution in [3.05, 3.63) is 43.0 Å². The van der Waals surface area contributed by atoms with Crippen molar-refractivity contribution in [1.82, 2.24) is 0 Å². The Hall–Kier alpha value is -1.82. The zero-order valence-electron chi connectivity index (χ0n) is 9.74. The van der Waals surface area contributed by atoms with Gasteiger partial charge < -0.3 is 9.47 Å². The van der Waals surface area contributed by atoms with Gasteiger partial charge in [-0.05, 0) is 12.1 Å². The molecule has 1 aromatic carbocycles. The van der Waals surface area contributed by atoms with Crippen LogP contribution in [0.25, 0.3) is 0 Å². The molecular weight excluding hydrogens is 256 g/mol. The number of hydrogen-bond acceptors (Lipinski definition) is 5. The average Bonchev–Trinajstić information content (AvgIpc) is 2.37. The molecule has 0 aliphatic heterocycles. The van der Waals surface area contributed by atoms with Gasteiger partial charge in [0.05, 0.1) is 10.6 Å². The van der Waals surface area contributed by atoms with Crippen molar-refractivity contribution in [1.29, 1.82) is 0 Å². The summed E-state index contributed by atoms with van der Waals surface area (Å²) in [5.41, 5.74) is 0. The normalized spacial score (nSPS) is 10.7. The first-order valence-corrected chi connectivity index (χ1v) is 6.90. The second-order valence-corrected chi connectivity index (χ2v) is 5.44. The van der Waals surface area contributed by atoms with Crippen LogP contribution in [0.15, 0.2) is 47.9 Å². The van der Waals surface area contributed by atoms with E-state index in [-0.39, 0.29) is 23.9 Å². The second-order valence-electron chi connectivity index (χ2n) is 3.33. The van der Waals surface area contributed by atoms with Gasteiger partial charge in [-0.1, -0.05) is 30.9 Å². The Morgan fingerprint density at radius 3 is 2.50 bits per heavy atom. The fourth-order valence-corrected chi connectivity index (χ4v) is 2.26. The fraction of sp³-hybridized carbons (Fsp3) is 0.250. The number of ether oxygens (including phenoxy) is 2. The molecule has 0 aliphatic carbocycles. The highest BCUT2D eigenvalue weighted by Gasteiger charge is 2.15. The van der Waals surface area contributed by atoms with Gasteiger partial charge in [-0.2, -0.15) is 0 Å². The summed E-state index contributed by atoms with van der Waals surface area (Å²) in [6.07, 6.45) is 0.486. The Labute approximate surface area is 106 Å². The van der Waals surface area contributed by atoms with Crippen molar-refractivity contribution in [2.45, 2.75) is 4.90 Å². The Morgan fingerprint density at radius 1 is 1.22 bits per heavy atom. The average molecular weight is 270 g/mol. The lowest BCUT2D eigenvalue weighted by atomic mass is 10.4. The Kier molecular flexibility index (Phi) is 5.38. The van der Waals surface area contributed by atoms with Crippen LogP contribution >= 0.6 is 0 Å². The minimum absolute atomic E-state index is 0.0320. The van der Waals surface area contributed by atoms with E-state index in [4.69, 9.17) is 0 Å². The molecular formula is C12H14O5S. The fourth-order valence-electron chi connectivity index (χ4n) is 1.15. The summed E-state index contributed by atoms with van der Waals surface area (Å²) in [6, 6.07) is 7.97. The molecule has 0 fully saturated rings. The Morgan fingerprint density at radius 2 is 1.89 bits per heavy atom. The van der Waals surface area contributed by atoms with E-state index >= 15 is 0 Å². The molecule has 0 spiro atoms. The predicted octanol–water partition coefficient (Wildman–Crippen LogP) is 1.80. The van der Waals surface area contributed by atoms with Crippen LogP contribution in [0.3, 0.4) is 0 Å². The quantitative estimate of drug-likeness (QED) is 0.582. The molecule has 0 atom stereocenters. The van der Waals surface area contributed by atoms with Crippen molar-refractivity contribution >= 4 is 16.0 Å². The molecule has 0 radical (unpaired) electrons. The van der Waals surface area contributed by atoms with Crippen LogP contribution in [0.4, 0.5) is 4.79 Å². The predicted molar refractivity (Wildman–Crippen MR) is 66.0 cm³/mol. The number of hydrogen-bond donors (Lipinski definition) is 0. The van der Waals surface area contributed by atoms with Crippen molar-refractivity contribution < 1.29 is 22.7 Å². The number of sulfone groups is 1. The largest absolute Gasteiger partial charge is 0.508 e. The highest BCUT2D eigenvalue weighted by atomic mass is 32.2. The van der Waals surface area contributed by atoms with Crippen molar-refractivity contribution in [3.8, 4) is 0 Å². The minimum Gasteiger partial charge on any atom is -0.433 e. The van der Waals surface area contributed by atoms with Crippen LogP contribution in [0.1, 0.15) is 0 Å². The summed E-state index contributed by atoms with van der Waals surface area (Å²) in [7, 11) is -3.43. The topological polar surface area (TPSA) is 69.7 Å². The van der Waals surface area contributed by atoms with Gasteiger partial charge in [0.15, 0.2) is 9.84 Å². The van der Waals surface area contributed by atoms with Gasteiger partial charge in [0, 0.05) is 0 Å². The molecule has 0 aliphatic rings. The lowest BCUT2D eigenvalue weighted by molar-refractivity contribution is 0.0679. The summed E-state index contributed by atoms with van der Waals surface area (Å²) in [5, 5.41) is 0. The van der Waals surface area contributed by atoms with Gasteiger partial charge in [-0.25, -0.2) is 13.2 Å². The third kappa shape index (κ3) is 4.58. The maximum Gasteiger partial charge on any atom is 0.508 e. The molecule has 18 heavy (non-hydrogen) atoms. The maximum atomic E-state index is 11.8. The van der Waals surface area contributed by atoms with Crippen molar-refractivity contribution in [2.24, 2.45) is 0 Å². The van der Waals surface area contributed by atoms with E-state index in [9.17, 15) is 13.2 Å². The zero-order valence-corrected chi connectivity index (χ0v) is 10.6. The van der Waals surface area contributed by atoms with E-state index in [0.29, 0.717) is 0 Å². The van der Waals surface area contributed by atoms with Crippen LogP contribution in [0, 0.1) is 0 Å². The van der Waals surface area contributed by atoms with E-state index in [0.717, 1.165) is 0 Å². The van der Waals surface area contributed by atoms with Gasteiger partial charge in [-0.15, -0.1) is 0 Å². The molecule has 1 rings (SSSR count). The van der Waals surface area contributed by atoms with Crippen LogP contribution in [-0.2, 0) is 19.3 Å². The number of rotatable bonds is 6. The lowest BCUT2D eigenvalue weighted by Crippen LogP contribution is -2.16. The third-order valence-electron chi connectivity index (χ3n) is 1.99. The van der Waals surface area contributed by atoms with E-state index < -0.39 is 16.0 Å². The van der Waals surface area contributed by atoms with Crippen LogP contribution in [0.5, 0.6) is 0 Å². The smallest absolute Gasteiger partial charge is 0.433 e. The van der Waals surface area contributed by atoms with Gasteiger partial charge in [0.25, 0.3) is 0 Å². The summed E-state index contributed by atoms with van der Waals surface area (Å²) in [4.78, 5) is 11.1. The molecule has 1 aromatic rings. The molecule has 0 saturated heterocycles. The van der Waals surface area contributed by atoms with E-state index in [2.05, 4.69) is 16.1 Å². The molecule has 0 unspecified atom stereocenters. The monoisotopic (exact) mass is 270 g/mol. The molecule has 5 nitrogen and oxygen atoms in total. The van der Waals surface area contributed by atoms with Crippen LogP contribution < -0.4 is 0 Å². The number of carbonyl (C=O) groups excluding carboxylic acids is 1. The van der Waals surface area contributed by atoms with Crippen LogP contribution in [-0.4, -0.2) is 33.5 Å². The van der Waals surface area contributed by atoms with Gasteiger partial charge in [-0.3, -0.25) is 0 Å².